The van der Waals surface area contributed by atoms with E-state index in [1.54, 1.807) is 6.07 Å². The van der Waals surface area contributed by atoms with E-state index in [4.69, 9.17) is 21.3 Å². The van der Waals surface area contributed by atoms with Gasteiger partial charge in [-0.25, -0.2) is 9.37 Å². The zero-order valence-electron chi connectivity index (χ0n) is 20.3. The number of phenols is 1. The van der Waals surface area contributed by atoms with Crippen LogP contribution >= 0.6 is 11.6 Å². The molecule has 2 N–H and O–H groups in total. The molecule has 0 radical (unpaired) electrons. The molecule has 3 aromatic rings. The van der Waals surface area contributed by atoms with Crippen LogP contribution in [0.3, 0.4) is 0 Å². The number of fused-ring (bicyclic) bond motifs is 1. The number of aromatic nitrogens is 3. The normalized spacial score (nSPS) is 21.8. The number of pyridine rings is 1. The van der Waals surface area contributed by atoms with Crippen LogP contribution in [-0.2, 0) is 0 Å². The van der Waals surface area contributed by atoms with Crippen molar-refractivity contribution in [2.24, 2.45) is 5.41 Å². The number of nitrogens with one attached hydrogen (secondary N) is 1. The SMILES string of the molecule is CN1CCC[C@H]1COc1nc(N2CCC3(CC2)CNC3)c2cc(Cl)c(-c3c(O)cccc3F)nc2n1. The molecule has 1 spiro atoms. The van der Waals surface area contributed by atoms with Crippen LogP contribution in [0.15, 0.2) is 24.3 Å². The average molecular weight is 513 g/mol. The molecular weight excluding hydrogens is 483 g/mol. The molecular formula is C26H30ClFN6O2. The molecule has 6 rings (SSSR count). The molecule has 1 aromatic carbocycles. The number of rotatable bonds is 5. The Bertz CT molecular complexity index is 1270. The van der Waals surface area contributed by atoms with Gasteiger partial charge in [0.1, 0.15) is 24.0 Å². The minimum atomic E-state index is -0.603. The van der Waals surface area contributed by atoms with Crippen LogP contribution < -0.4 is 15.0 Å². The number of nitrogens with zero attached hydrogens (tertiary/aromatic N) is 5. The topological polar surface area (TPSA) is 86.6 Å². The van der Waals surface area contributed by atoms with Crippen molar-refractivity contribution < 1.29 is 14.2 Å². The van der Waals surface area contributed by atoms with Crippen LogP contribution in [0.4, 0.5) is 10.2 Å². The molecule has 36 heavy (non-hydrogen) atoms. The first-order valence-corrected chi connectivity index (χ1v) is 13.0. The van der Waals surface area contributed by atoms with Gasteiger partial charge in [-0.3, -0.25) is 0 Å². The summed E-state index contributed by atoms with van der Waals surface area (Å²) in [6.07, 6.45) is 4.38. The molecule has 10 heteroatoms. The number of benzene rings is 1. The molecule has 0 bridgehead atoms. The maximum atomic E-state index is 14.7. The summed E-state index contributed by atoms with van der Waals surface area (Å²) in [5.74, 6) is -0.0981. The first kappa shape index (κ1) is 23.6. The summed E-state index contributed by atoms with van der Waals surface area (Å²) in [4.78, 5) is 18.6. The third-order valence-corrected chi connectivity index (χ3v) is 8.32. The van der Waals surface area contributed by atoms with Crippen molar-refractivity contribution in [2.45, 2.75) is 31.7 Å². The van der Waals surface area contributed by atoms with Crippen LogP contribution in [0, 0.1) is 11.2 Å². The second-order valence-corrected chi connectivity index (χ2v) is 10.7. The van der Waals surface area contributed by atoms with Crippen LogP contribution in [0.5, 0.6) is 11.8 Å². The van der Waals surface area contributed by atoms with Crippen LogP contribution in [-0.4, -0.2) is 77.4 Å². The van der Waals surface area contributed by atoms with Crippen molar-refractivity contribution in [3.63, 3.8) is 0 Å². The fraction of sp³-hybridized carbons (Fsp3) is 0.500. The van der Waals surface area contributed by atoms with Crippen molar-refractivity contribution in [1.82, 2.24) is 25.2 Å². The Morgan fingerprint density at radius 2 is 2.00 bits per heavy atom. The van der Waals surface area contributed by atoms with Gasteiger partial charge in [-0.2, -0.15) is 9.97 Å². The second kappa shape index (κ2) is 9.28. The smallest absolute Gasteiger partial charge is 0.320 e. The van der Waals surface area contributed by atoms with Gasteiger partial charge >= 0.3 is 6.01 Å². The number of ether oxygens (including phenoxy) is 1. The summed E-state index contributed by atoms with van der Waals surface area (Å²) in [7, 11) is 2.10. The minimum Gasteiger partial charge on any atom is -0.507 e. The van der Waals surface area contributed by atoms with Crippen LogP contribution in [0.25, 0.3) is 22.3 Å². The zero-order valence-corrected chi connectivity index (χ0v) is 21.1. The maximum Gasteiger partial charge on any atom is 0.320 e. The van der Waals surface area contributed by atoms with E-state index in [0.717, 1.165) is 64.2 Å². The average Bonchev–Trinajstić information content (AvgIpc) is 3.26. The molecule has 1 atom stereocenters. The lowest BCUT2D eigenvalue weighted by Gasteiger charge is -2.48. The predicted octanol–water partition coefficient (Wildman–Crippen LogP) is 3.85. The first-order chi connectivity index (χ1) is 17.4. The summed E-state index contributed by atoms with van der Waals surface area (Å²) < 4.78 is 20.8. The number of piperidine rings is 1. The van der Waals surface area contributed by atoms with Gasteiger partial charge in [0.25, 0.3) is 0 Å². The first-order valence-electron chi connectivity index (χ1n) is 12.6. The van der Waals surface area contributed by atoms with Crippen molar-refractivity contribution in [1.29, 1.82) is 0 Å². The van der Waals surface area contributed by atoms with Gasteiger partial charge in [0.2, 0.25) is 0 Å². The zero-order chi connectivity index (χ0) is 24.9. The van der Waals surface area contributed by atoms with Gasteiger partial charge in [-0.1, -0.05) is 17.7 Å². The standard InChI is InChI=1S/C26H30ClFN6O2/c1-33-9-3-4-16(33)13-36-25-31-23-17(24(32-25)34-10-7-26(8-11-34)14-29-15-26)12-18(27)22(30-23)21-19(28)5-2-6-20(21)35/h2,5-6,12,16,29,35H,3-4,7-11,13-15H2,1H3/t16-/m0/s1. The fourth-order valence-corrected chi connectivity index (χ4v) is 5.85. The van der Waals surface area contributed by atoms with Crippen molar-refractivity contribution >= 4 is 28.5 Å². The maximum absolute atomic E-state index is 14.7. The second-order valence-electron chi connectivity index (χ2n) is 10.3. The molecule has 3 fully saturated rings. The number of likely N-dealkylation sites (tertiary alicyclic amines) is 1. The Kier molecular flexibility index (Phi) is 6.09. The number of hydrogen-bond donors (Lipinski definition) is 2. The van der Waals surface area contributed by atoms with E-state index in [9.17, 15) is 9.50 Å². The molecule has 3 aliphatic rings. The van der Waals surface area contributed by atoms with E-state index in [0.29, 0.717) is 29.1 Å². The summed E-state index contributed by atoms with van der Waals surface area (Å²) in [6, 6.07) is 6.42. The van der Waals surface area contributed by atoms with Crippen molar-refractivity contribution in [3.05, 3.63) is 35.1 Å². The van der Waals surface area contributed by atoms with Crippen molar-refractivity contribution in [2.75, 3.05) is 51.3 Å². The highest BCUT2D eigenvalue weighted by molar-refractivity contribution is 6.34. The Morgan fingerprint density at radius 1 is 1.19 bits per heavy atom. The molecule has 0 saturated carbocycles. The number of halogens is 2. The summed E-state index contributed by atoms with van der Waals surface area (Å²) in [5.41, 5.74) is 0.848. The number of anilines is 1. The van der Waals surface area contributed by atoms with Gasteiger partial charge in [0.15, 0.2) is 5.65 Å². The van der Waals surface area contributed by atoms with Crippen LogP contribution in [0.2, 0.25) is 5.02 Å². The molecule has 2 aromatic heterocycles. The lowest BCUT2D eigenvalue weighted by molar-refractivity contribution is 0.126. The third kappa shape index (κ3) is 4.23. The molecule has 5 heterocycles. The Balaban J connectivity index is 1.40. The Morgan fingerprint density at radius 3 is 2.67 bits per heavy atom. The van der Waals surface area contributed by atoms with Crippen molar-refractivity contribution in [3.8, 4) is 23.0 Å². The fourth-order valence-electron chi connectivity index (χ4n) is 5.61. The van der Waals surface area contributed by atoms with Gasteiger partial charge in [0, 0.05) is 32.2 Å². The lowest BCUT2D eigenvalue weighted by atomic mass is 9.73. The van der Waals surface area contributed by atoms with E-state index in [-0.39, 0.29) is 28.0 Å². The molecule has 8 nitrogen and oxygen atoms in total. The summed E-state index contributed by atoms with van der Waals surface area (Å²) in [6.45, 7) is 5.41. The predicted molar refractivity (Wildman–Crippen MR) is 137 cm³/mol. The molecule has 0 unspecified atom stereocenters. The van der Waals surface area contributed by atoms with Gasteiger partial charge in [0.05, 0.1) is 21.7 Å². The summed E-state index contributed by atoms with van der Waals surface area (Å²) in [5, 5.41) is 14.7. The summed E-state index contributed by atoms with van der Waals surface area (Å²) >= 11 is 6.61. The number of aromatic hydroxyl groups is 1. The van der Waals surface area contributed by atoms with Gasteiger partial charge < -0.3 is 25.0 Å². The molecule has 3 saturated heterocycles. The van der Waals surface area contributed by atoms with E-state index in [1.165, 1.54) is 18.2 Å². The van der Waals surface area contributed by atoms with Gasteiger partial charge in [-0.15, -0.1) is 0 Å². The highest BCUT2D eigenvalue weighted by atomic mass is 35.5. The Hall–Kier alpha value is -2.75. The molecule has 3 aliphatic heterocycles. The molecule has 0 amide bonds. The lowest BCUT2D eigenvalue weighted by Crippen LogP contribution is -2.58. The third-order valence-electron chi connectivity index (χ3n) is 8.03. The van der Waals surface area contributed by atoms with Gasteiger partial charge in [-0.05, 0) is 62.9 Å². The van der Waals surface area contributed by atoms with E-state index >= 15 is 0 Å². The number of phenolic OH excluding ortho intramolecular Hbond substituents is 1. The van der Waals surface area contributed by atoms with E-state index < -0.39 is 5.82 Å². The number of hydrogen-bond acceptors (Lipinski definition) is 8. The monoisotopic (exact) mass is 512 g/mol. The highest BCUT2D eigenvalue weighted by Crippen LogP contribution is 2.40. The highest BCUT2D eigenvalue weighted by Gasteiger charge is 2.40. The van der Waals surface area contributed by atoms with E-state index in [1.807, 2.05) is 0 Å². The molecule has 0 aliphatic carbocycles. The molecule has 190 valence electrons. The van der Waals surface area contributed by atoms with E-state index in [2.05, 4.69) is 32.1 Å². The minimum absolute atomic E-state index is 0.0444. The Labute approximate surface area is 214 Å². The quantitative estimate of drug-likeness (QED) is 0.533. The largest absolute Gasteiger partial charge is 0.507 e. The number of likely N-dealkylation sites (N-methyl/N-ethyl adjacent to an activating group) is 1. The van der Waals surface area contributed by atoms with Crippen LogP contribution in [0.1, 0.15) is 25.7 Å².